The first kappa shape index (κ1) is 19.3. The van der Waals surface area contributed by atoms with Crippen LogP contribution >= 0.6 is 0 Å². The summed E-state index contributed by atoms with van der Waals surface area (Å²) < 4.78 is 48.4. The molecule has 1 rings (SSSR count). The number of carbonyl (C=O) groups excluding carboxylic acids is 1. The number of nitrogens with one attached hydrogen (secondary N) is 3. The summed E-state index contributed by atoms with van der Waals surface area (Å²) in [6.45, 7) is 3.01. The summed E-state index contributed by atoms with van der Waals surface area (Å²) >= 11 is 0. The first-order valence-electron chi connectivity index (χ1n) is 7.17. The highest BCUT2D eigenvalue weighted by atomic mass is 32.2. The van der Waals surface area contributed by atoms with Crippen LogP contribution < -0.4 is 16.0 Å². The molecule has 0 aliphatic carbocycles. The Hall–Kier alpha value is -1.74. The Balaban J connectivity index is 3.04. The summed E-state index contributed by atoms with van der Waals surface area (Å²) in [4.78, 5) is 11.3. The van der Waals surface area contributed by atoms with Gasteiger partial charge >= 0.3 is 5.76 Å². The van der Waals surface area contributed by atoms with Gasteiger partial charge in [0.15, 0.2) is 0 Å². The monoisotopic (exact) mass is 349 g/mol. The van der Waals surface area contributed by atoms with Crippen molar-refractivity contribution >= 4 is 27.1 Å². The second kappa shape index (κ2) is 8.78. The molecule has 0 radical (unpaired) electrons. The van der Waals surface area contributed by atoms with E-state index in [2.05, 4.69) is 16.0 Å². The Morgan fingerprint density at radius 1 is 1.26 bits per heavy atom. The van der Waals surface area contributed by atoms with Crippen molar-refractivity contribution in [3.63, 3.8) is 0 Å². The van der Waals surface area contributed by atoms with E-state index in [4.69, 9.17) is 0 Å². The van der Waals surface area contributed by atoms with E-state index in [1.807, 2.05) is 6.92 Å². The van der Waals surface area contributed by atoms with Crippen LogP contribution in [0, 0.1) is 0 Å². The number of hydrogen-bond acceptors (Lipinski definition) is 5. The molecule has 0 saturated heterocycles. The highest BCUT2D eigenvalue weighted by Crippen LogP contribution is 2.28. The number of alkyl halides is 2. The first-order chi connectivity index (χ1) is 10.8. The smallest absolute Gasteiger partial charge is 0.341 e. The van der Waals surface area contributed by atoms with E-state index in [0.29, 0.717) is 25.2 Å². The van der Waals surface area contributed by atoms with Crippen LogP contribution in [0.4, 0.5) is 20.2 Å². The Bertz CT molecular complexity index is 636. The zero-order valence-corrected chi connectivity index (χ0v) is 13.8. The van der Waals surface area contributed by atoms with E-state index in [1.54, 1.807) is 7.05 Å². The molecule has 0 saturated carbocycles. The van der Waals surface area contributed by atoms with Gasteiger partial charge in [-0.2, -0.15) is 8.78 Å². The van der Waals surface area contributed by atoms with Crippen molar-refractivity contribution in [2.24, 2.45) is 0 Å². The van der Waals surface area contributed by atoms with Gasteiger partial charge in [-0.1, -0.05) is 0 Å². The van der Waals surface area contributed by atoms with Gasteiger partial charge in [-0.15, -0.1) is 0 Å². The SMILES string of the molecule is CCNc1ccc(S(=O)(=O)C(F)F)cc1NC(=O)CCCNC. The lowest BCUT2D eigenvalue weighted by atomic mass is 10.2. The van der Waals surface area contributed by atoms with Crippen molar-refractivity contribution in [3.8, 4) is 0 Å². The highest BCUT2D eigenvalue weighted by molar-refractivity contribution is 7.91. The van der Waals surface area contributed by atoms with E-state index >= 15 is 0 Å². The molecule has 0 spiro atoms. The van der Waals surface area contributed by atoms with Crippen LogP contribution in [0.25, 0.3) is 0 Å². The van der Waals surface area contributed by atoms with Gasteiger partial charge in [0, 0.05) is 13.0 Å². The molecule has 0 aromatic heterocycles. The number of sulfone groups is 1. The van der Waals surface area contributed by atoms with Gasteiger partial charge in [0.05, 0.1) is 16.3 Å². The van der Waals surface area contributed by atoms with Gasteiger partial charge in [0.2, 0.25) is 15.7 Å². The van der Waals surface area contributed by atoms with Crippen LogP contribution in [-0.4, -0.2) is 40.2 Å². The summed E-state index contributed by atoms with van der Waals surface area (Å²) in [6, 6.07) is 3.51. The molecule has 3 N–H and O–H groups in total. The van der Waals surface area contributed by atoms with Crippen molar-refractivity contribution in [1.29, 1.82) is 0 Å². The van der Waals surface area contributed by atoms with E-state index in [0.717, 1.165) is 12.1 Å². The van der Waals surface area contributed by atoms with Crippen LogP contribution in [0.15, 0.2) is 23.1 Å². The van der Waals surface area contributed by atoms with Crippen molar-refractivity contribution in [3.05, 3.63) is 18.2 Å². The predicted octanol–water partition coefficient (Wildman–Crippen LogP) is 2.05. The summed E-state index contributed by atoms with van der Waals surface area (Å²) in [5.41, 5.74) is 0.644. The molecule has 23 heavy (non-hydrogen) atoms. The topological polar surface area (TPSA) is 87.3 Å². The third-order valence-corrected chi connectivity index (χ3v) is 4.41. The number of halogens is 2. The van der Waals surface area contributed by atoms with Crippen LogP contribution in [0.2, 0.25) is 0 Å². The molecular weight excluding hydrogens is 328 g/mol. The number of carbonyl (C=O) groups is 1. The minimum Gasteiger partial charge on any atom is -0.384 e. The first-order valence-corrected chi connectivity index (χ1v) is 8.72. The van der Waals surface area contributed by atoms with E-state index in [1.165, 1.54) is 6.07 Å². The maximum Gasteiger partial charge on any atom is 0.341 e. The summed E-state index contributed by atoms with van der Waals surface area (Å²) in [6.07, 6.45) is 0.839. The maximum atomic E-state index is 12.6. The van der Waals surface area contributed by atoms with Crippen LogP contribution in [0.1, 0.15) is 19.8 Å². The number of amides is 1. The molecule has 1 aromatic rings. The van der Waals surface area contributed by atoms with E-state index in [9.17, 15) is 22.0 Å². The third-order valence-electron chi connectivity index (χ3n) is 3.03. The predicted molar refractivity (Wildman–Crippen MR) is 85.6 cm³/mol. The average Bonchev–Trinajstić information content (AvgIpc) is 2.49. The summed E-state index contributed by atoms with van der Waals surface area (Å²) in [5, 5.41) is 8.42. The van der Waals surface area contributed by atoms with E-state index < -0.39 is 20.5 Å². The van der Waals surface area contributed by atoms with Crippen molar-refractivity contribution in [2.45, 2.75) is 30.4 Å². The Kier molecular flexibility index (Phi) is 7.37. The van der Waals surface area contributed by atoms with Gasteiger partial charge in [0.1, 0.15) is 0 Å². The summed E-state index contributed by atoms with van der Waals surface area (Å²) in [7, 11) is -2.95. The zero-order chi connectivity index (χ0) is 17.5. The molecule has 9 heteroatoms. The lowest BCUT2D eigenvalue weighted by molar-refractivity contribution is -0.116. The number of rotatable bonds is 9. The Labute approximate surface area is 134 Å². The van der Waals surface area contributed by atoms with Crippen LogP contribution in [0.3, 0.4) is 0 Å². The number of anilines is 2. The molecular formula is C14H21F2N3O3S. The molecule has 0 fully saturated rings. The second-order valence-corrected chi connectivity index (χ2v) is 6.72. The van der Waals surface area contributed by atoms with Gasteiger partial charge in [-0.25, -0.2) is 8.42 Å². The quantitative estimate of drug-likeness (QED) is 0.594. The maximum absolute atomic E-state index is 12.6. The number of hydrogen-bond donors (Lipinski definition) is 3. The fourth-order valence-electron chi connectivity index (χ4n) is 1.89. The van der Waals surface area contributed by atoms with Gasteiger partial charge < -0.3 is 16.0 Å². The molecule has 0 bridgehead atoms. The lowest BCUT2D eigenvalue weighted by Gasteiger charge is -2.14. The largest absolute Gasteiger partial charge is 0.384 e. The second-order valence-electron chi connectivity index (χ2n) is 4.80. The molecule has 0 aliphatic heterocycles. The molecule has 0 unspecified atom stereocenters. The Morgan fingerprint density at radius 2 is 1.96 bits per heavy atom. The molecule has 1 amide bonds. The highest BCUT2D eigenvalue weighted by Gasteiger charge is 2.27. The van der Waals surface area contributed by atoms with Crippen molar-refractivity contribution in [2.75, 3.05) is 30.8 Å². The zero-order valence-electron chi connectivity index (χ0n) is 13.0. The molecule has 0 aliphatic rings. The van der Waals surface area contributed by atoms with Crippen molar-refractivity contribution in [1.82, 2.24) is 5.32 Å². The fourth-order valence-corrected chi connectivity index (χ4v) is 2.64. The normalized spacial score (nSPS) is 11.5. The van der Waals surface area contributed by atoms with Crippen LogP contribution in [-0.2, 0) is 14.6 Å². The fraction of sp³-hybridized carbons (Fsp3) is 0.500. The Morgan fingerprint density at radius 3 is 2.52 bits per heavy atom. The lowest BCUT2D eigenvalue weighted by Crippen LogP contribution is -2.17. The molecule has 6 nitrogen and oxygen atoms in total. The van der Waals surface area contributed by atoms with Gasteiger partial charge in [0.25, 0.3) is 0 Å². The minimum atomic E-state index is -4.71. The molecule has 0 atom stereocenters. The molecule has 130 valence electrons. The molecule has 0 heterocycles. The number of benzene rings is 1. The molecule has 1 aromatic carbocycles. The van der Waals surface area contributed by atoms with Crippen LogP contribution in [0.5, 0.6) is 0 Å². The van der Waals surface area contributed by atoms with Gasteiger partial charge in [-0.05, 0) is 45.1 Å². The van der Waals surface area contributed by atoms with Crippen molar-refractivity contribution < 1.29 is 22.0 Å². The standard InChI is InChI=1S/C14H21F2N3O3S/c1-3-18-11-7-6-10(23(21,22)14(15)16)9-12(11)19-13(20)5-4-8-17-2/h6-7,9,14,17-18H,3-5,8H2,1-2H3,(H,19,20). The van der Waals surface area contributed by atoms with E-state index in [-0.39, 0.29) is 18.0 Å². The third kappa shape index (κ3) is 5.43. The summed E-state index contributed by atoms with van der Waals surface area (Å²) in [5.74, 6) is -3.82. The average molecular weight is 349 g/mol. The van der Waals surface area contributed by atoms with Gasteiger partial charge in [-0.3, -0.25) is 4.79 Å². The minimum absolute atomic E-state index is 0.169.